The molecule has 0 aliphatic carbocycles. The minimum absolute atomic E-state index is 0.191. The highest BCUT2D eigenvalue weighted by atomic mass is 32.1. The minimum Gasteiger partial charge on any atom is -0.364 e. The fourth-order valence-corrected chi connectivity index (χ4v) is 1.37. The molecule has 66 valence electrons. The molecule has 0 saturated carbocycles. The van der Waals surface area contributed by atoms with E-state index in [9.17, 15) is 0 Å². The molecule has 0 spiro atoms. The largest absolute Gasteiger partial charge is 0.364 e. The van der Waals surface area contributed by atoms with Crippen LogP contribution >= 0.6 is 12.2 Å². The molecule has 0 atom stereocenters. The van der Waals surface area contributed by atoms with Gasteiger partial charge in [0, 0.05) is 12.1 Å². The van der Waals surface area contributed by atoms with Crippen molar-refractivity contribution in [2.24, 2.45) is 5.92 Å². The van der Waals surface area contributed by atoms with Crippen LogP contribution in [0.25, 0.3) is 0 Å². The van der Waals surface area contributed by atoms with Gasteiger partial charge in [0.15, 0.2) is 0 Å². The Labute approximate surface area is 75.8 Å². The monoisotopic (exact) mass is 173 g/mol. The topological polar surface area (TPSA) is 3.24 Å². The first-order valence-electron chi connectivity index (χ1n) is 4.18. The Balaban J connectivity index is 4.36. The van der Waals surface area contributed by atoms with Gasteiger partial charge in [-0.1, -0.05) is 26.1 Å². The maximum Gasteiger partial charge on any atom is 0.0645 e. The lowest BCUT2D eigenvalue weighted by molar-refractivity contribution is 0.168. The van der Waals surface area contributed by atoms with Gasteiger partial charge in [0.05, 0.1) is 5.49 Å². The van der Waals surface area contributed by atoms with Crippen molar-refractivity contribution < 1.29 is 0 Å². The Morgan fingerprint density at radius 2 is 1.91 bits per heavy atom. The number of hydrogen-bond acceptors (Lipinski definition) is 1. The predicted octanol–water partition coefficient (Wildman–Crippen LogP) is 2.70. The summed E-state index contributed by atoms with van der Waals surface area (Å²) in [4.78, 5) is 2.20. The lowest BCUT2D eigenvalue weighted by Crippen LogP contribution is -2.46. The summed E-state index contributed by atoms with van der Waals surface area (Å²) in [5.41, 5.74) is 1.95. The summed E-state index contributed by atoms with van der Waals surface area (Å²) >= 11 is 4.94. The van der Waals surface area contributed by atoms with Crippen LogP contribution in [0.1, 0.15) is 34.6 Å². The molecule has 0 bridgehead atoms. The lowest BCUT2D eigenvalue weighted by atomic mass is 9.89. The van der Waals surface area contributed by atoms with Crippen LogP contribution in [0.4, 0.5) is 0 Å². The van der Waals surface area contributed by atoms with Gasteiger partial charge in [-0.15, -0.1) is 0 Å². The van der Waals surface area contributed by atoms with Gasteiger partial charge in [0.1, 0.15) is 0 Å². The number of nitrogens with zero attached hydrogens (tertiary/aromatic N) is 1. The zero-order valence-corrected chi connectivity index (χ0v) is 9.03. The molecule has 0 heterocycles. The van der Waals surface area contributed by atoms with Crippen molar-refractivity contribution in [2.45, 2.75) is 40.2 Å². The molecule has 0 unspecified atom stereocenters. The third-order valence-corrected chi connectivity index (χ3v) is 2.88. The third-order valence-electron chi connectivity index (χ3n) is 2.62. The van der Waals surface area contributed by atoms with Gasteiger partial charge in [0.25, 0.3) is 0 Å². The van der Waals surface area contributed by atoms with Gasteiger partial charge in [-0.3, -0.25) is 0 Å². The summed E-state index contributed by atoms with van der Waals surface area (Å²) in [6.07, 6.45) is 0. The summed E-state index contributed by atoms with van der Waals surface area (Å²) in [7, 11) is 0. The molecule has 0 aromatic heterocycles. The van der Waals surface area contributed by atoms with Crippen molar-refractivity contribution in [2.75, 3.05) is 6.54 Å². The number of thiocarbonyl (C=S) groups is 1. The quantitative estimate of drug-likeness (QED) is 0.601. The standard InChI is InChI=1S/C9H19NS/c1-6-10(7-11)9(4,5)8(2)3/h7-8H,6H2,1-5H3. The van der Waals surface area contributed by atoms with Crippen molar-refractivity contribution in [3.05, 3.63) is 0 Å². The second kappa shape index (κ2) is 4.05. The molecule has 0 aliphatic rings. The molecule has 0 radical (unpaired) electrons. The highest BCUT2D eigenvalue weighted by Crippen LogP contribution is 2.22. The predicted molar refractivity (Wildman–Crippen MR) is 55.0 cm³/mol. The second-order valence-corrected chi connectivity index (χ2v) is 3.91. The molecule has 2 heteroatoms. The first kappa shape index (κ1) is 10.9. The van der Waals surface area contributed by atoms with Gasteiger partial charge in [-0.25, -0.2) is 0 Å². The number of rotatable bonds is 4. The van der Waals surface area contributed by atoms with E-state index in [1.54, 1.807) is 5.49 Å². The van der Waals surface area contributed by atoms with Crippen LogP contribution in [0.3, 0.4) is 0 Å². The zero-order chi connectivity index (χ0) is 9.07. The minimum atomic E-state index is 0.191. The molecule has 0 aliphatic heterocycles. The van der Waals surface area contributed by atoms with Gasteiger partial charge < -0.3 is 4.90 Å². The summed E-state index contributed by atoms with van der Waals surface area (Å²) in [5.74, 6) is 0.627. The van der Waals surface area contributed by atoms with Crippen LogP contribution in [-0.2, 0) is 0 Å². The molecule has 0 amide bonds. The van der Waals surface area contributed by atoms with Crippen molar-refractivity contribution in [3.8, 4) is 0 Å². The van der Waals surface area contributed by atoms with Crippen LogP contribution in [0.5, 0.6) is 0 Å². The van der Waals surface area contributed by atoms with E-state index in [0.717, 1.165) is 6.54 Å². The maximum atomic E-state index is 4.94. The Morgan fingerprint density at radius 3 is 2.00 bits per heavy atom. The molecule has 0 fully saturated rings. The SMILES string of the molecule is CCN(C=S)C(C)(C)C(C)C. The molecule has 0 rings (SSSR count). The highest BCUT2D eigenvalue weighted by molar-refractivity contribution is 7.78. The molecule has 0 N–H and O–H groups in total. The van der Waals surface area contributed by atoms with Crippen LogP contribution in [0, 0.1) is 5.92 Å². The van der Waals surface area contributed by atoms with E-state index >= 15 is 0 Å². The fraction of sp³-hybridized carbons (Fsp3) is 0.889. The van der Waals surface area contributed by atoms with E-state index in [1.165, 1.54) is 0 Å². The van der Waals surface area contributed by atoms with Gasteiger partial charge in [-0.05, 0) is 26.7 Å². The van der Waals surface area contributed by atoms with Gasteiger partial charge >= 0.3 is 0 Å². The molecule has 0 aromatic carbocycles. The van der Waals surface area contributed by atoms with Crippen molar-refractivity contribution in [1.82, 2.24) is 4.90 Å². The molecular weight excluding hydrogens is 154 g/mol. The molecule has 1 nitrogen and oxygen atoms in total. The number of hydrogen-bond donors (Lipinski definition) is 0. The van der Waals surface area contributed by atoms with Gasteiger partial charge in [0.2, 0.25) is 0 Å². The van der Waals surface area contributed by atoms with Gasteiger partial charge in [-0.2, -0.15) is 0 Å². The second-order valence-electron chi connectivity index (χ2n) is 3.70. The zero-order valence-electron chi connectivity index (χ0n) is 8.22. The van der Waals surface area contributed by atoms with E-state index in [0.29, 0.717) is 5.92 Å². The molecule has 0 saturated heterocycles. The van der Waals surface area contributed by atoms with Crippen LogP contribution in [0.2, 0.25) is 0 Å². The Kier molecular flexibility index (Phi) is 4.01. The average molecular weight is 173 g/mol. The smallest absolute Gasteiger partial charge is 0.0645 e. The van der Waals surface area contributed by atoms with E-state index < -0.39 is 0 Å². The van der Waals surface area contributed by atoms with E-state index in [-0.39, 0.29) is 5.54 Å². The van der Waals surface area contributed by atoms with E-state index in [2.05, 4.69) is 39.5 Å². The van der Waals surface area contributed by atoms with Crippen molar-refractivity contribution in [1.29, 1.82) is 0 Å². The third kappa shape index (κ3) is 2.44. The molecular formula is C9H19NS. The molecule has 11 heavy (non-hydrogen) atoms. The fourth-order valence-electron chi connectivity index (χ4n) is 0.950. The van der Waals surface area contributed by atoms with E-state index in [1.807, 2.05) is 0 Å². The Hall–Kier alpha value is -0.110. The van der Waals surface area contributed by atoms with Crippen LogP contribution < -0.4 is 0 Å². The lowest BCUT2D eigenvalue weighted by Gasteiger charge is -2.39. The summed E-state index contributed by atoms with van der Waals surface area (Å²) in [6.45, 7) is 12.0. The maximum absolute atomic E-state index is 4.94. The highest BCUT2D eigenvalue weighted by Gasteiger charge is 2.26. The van der Waals surface area contributed by atoms with Crippen molar-refractivity contribution in [3.63, 3.8) is 0 Å². The first-order chi connectivity index (χ1) is 4.96. The summed E-state index contributed by atoms with van der Waals surface area (Å²) < 4.78 is 0. The normalized spacial score (nSPS) is 11.8. The van der Waals surface area contributed by atoms with Crippen LogP contribution in [0.15, 0.2) is 0 Å². The van der Waals surface area contributed by atoms with Crippen LogP contribution in [-0.4, -0.2) is 22.5 Å². The average Bonchev–Trinajstić information content (AvgIpc) is 1.89. The summed E-state index contributed by atoms with van der Waals surface area (Å²) in [5, 5.41) is 0. The molecule has 0 aromatic rings. The van der Waals surface area contributed by atoms with Crippen molar-refractivity contribution >= 4 is 17.7 Å². The van der Waals surface area contributed by atoms with E-state index in [4.69, 9.17) is 12.2 Å². The Morgan fingerprint density at radius 1 is 1.45 bits per heavy atom. The summed E-state index contributed by atoms with van der Waals surface area (Å²) in [6, 6.07) is 0. The first-order valence-corrected chi connectivity index (χ1v) is 4.66. The Bertz CT molecular complexity index is 130.